The maximum Gasteiger partial charge on any atom is 0.173 e. The first kappa shape index (κ1) is 19.6. The SMILES string of the molecule is C=Cc1oc(-c2oc3ccccc3c2C)c(C)c1C=C.CC.CC. The van der Waals surface area contributed by atoms with Crippen molar-refractivity contribution < 1.29 is 8.83 Å². The molecule has 0 unspecified atom stereocenters. The van der Waals surface area contributed by atoms with Crippen molar-refractivity contribution in [3.8, 4) is 11.5 Å². The maximum atomic E-state index is 5.96. The summed E-state index contributed by atoms with van der Waals surface area (Å²) in [5.41, 5.74) is 3.95. The van der Waals surface area contributed by atoms with E-state index in [0.29, 0.717) is 0 Å². The molecule has 0 bridgehead atoms. The van der Waals surface area contributed by atoms with Crippen molar-refractivity contribution in [2.75, 3.05) is 0 Å². The van der Waals surface area contributed by atoms with Crippen LogP contribution in [0.1, 0.15) is 50.1 Å². The second kappa shape index (κ2) is 8.97. The minimum Gasteiger partial charge on any atom is -0.453 e. The van der Waals surface area contributed by atoms with Crippen LogP contribution < -0.4 is 0 Å². The lowest BCUT2D eigenvalue weighted by molar-refractivity contribution is 0.532. The monoisotopic (exact) mass is 324 g/mol. The normalized spacial score (nSPS) is 9.58. The van der Waals surface area contributed by atoms with Crippen molar-refractivity contribution in [1.82, 2.24) is 0 Å². The van der Waals surface area contributed by atoms with Crippen LogP contribution in [-0.2, 0) is 0 Å². The third-order valence-electron chi connectivity index (χ3n) is 3.66. The second-order valence-electron chi connectivity index (χ2n) is 4.79. The van der Waals surface area contributed by atoms with Crippen molar-refractivity contribution in [3.63, 3.8) is 0 Å². The van der Waals surface area contributed by atoms with Crippen molar-refractivity contribution in [3.05, 3.63) is 59.9 Å². The van der Waals surface area contributed by atoms with E-state index in [1.807, 2.05) is 59.7 Å². The molecule has 0 amide bonds. The fraction of sp³-hybridized carbons (Fsp3) is 0.273. The Morgan fingerprint density at radius 1 is 0.792 bits per heavy atom. The summed E-state index contributed by atoms with van der Waals surface area (Å²) < 4.78 is 11.9. The van der Waals surface area contributed by atoms with Gasteiger partial charge in [-0.1, -0.05) is 65.1 Å². The Bertz CT molecular complexity index is 816. The van der Waals surface area contributed by atoms with E-state index in [1.54, 1.807) is 12.2 Å². The Morgan fingerprint density at radius 2 is 1.38 bits per heavy atom. The van der Waals surface area contributed by atoms with Gasteiger partial charge in [0.25, 0.3) is 0 Å². The van der Waals surface area contributed by atoms with Crippen LogP contribution in [0.2, 0.25) is 0 Å². The van der Waals surface area contributed by atoms with Crippen LogP contribution >= 0.6 is 0 Å². The lowest BCUT2D eigenvalue weighted by Crippen LogP contribution is -1.79. The van der Waals surface area contributed by atoms with E-state index in [0.717, 1.165) is 44.9 Å². The van der Waals surface area contributed by atoms with Crippen molar-refractivity contribution >= 4 is 23.1 Å². The van der Waals surface area contributed by atoms with Crippen LogP contribution in [0, 0.1) is 13.8 Å². The average Bonchev–Trinajstić information content (AvgIpc) is 3.15. The smallest absolute Gasteiger partial charge is 0.173 e. The van der Waals surface area contributed by atoms with Crippen LogP contribution in [0.3, 0.4) is 0 Å². The highest BCUT2D eigenvalue weighted by atomic mass is 16.4. The van der Waals surface area contributed by atoms with Crippen LogP contribution in [0.4, 0.5) is 0 Å². The molecular weight excluding hydrogens is 296 g/mol. The fourth-order valence-corrected chi connectivity index (χ4v) is 2.56. The van der Waals surface area contributed by atoms with Crippen molar-refractivity contribution in [2.45, 2.75) is 41.5 Å². The molecule has 3 rings (SSSR count). The van der Waals surface area contributed by atoms with Crippen LogP contribution in [-0.4, -0.2) is 0 Å². The molecule has 0 N–H and O–H groups in total. The summed E-state index contributed by atoms with van der Waals surface area (Å²) in [6, 6.07) is 7.99. The van der Waals surface area contributed by atoms with Crippen LogP contribution in [0.15, 0.2) is 46.3 Å². The Hall–Kier alpha value is -2.48. The Labute approximate surface area is 145 Å². The molecule has 1 aromatic carbocycles. The largest absolute Gasteiger partial charge is 0.453 e. The molecule has 0 aliphatic rings. The van der Waals surface area contributed by atoms with Gasteiger partial charge in [-0.05, 0) is 26.0 Å². The van der Waals surface area contributed by atoms with Gasteiger partial charge in [0.1, 0.15) is 11.3 Å². The highest BCUT2D eigenvalue weighted by molar-refractivity contribution is 5.88. The summed E-state index contributed by atoms with van der Waals surface area (Å²) in [5.74, 6) is 2.26. The van der Waals surface area contributed by atoms with Crippen molar-refractivity contribution in [1.29, 1.82) is 0 Å². The van der Waals surface area contributed by atoms with Crippen molar-refractivity contribution in [2.24, 2.45) is 0 Å². The minimum atomic E-state index is 0.729. The number of benzene rings is 1. The Morgan fingerprint density at radius 3 is 1.88 bits per heavy atom. The summed E-state index contributed by atoms with van der Waals surface area (Å²) in [4.78, 5) is 0. The molecule has 0 fully saturated rings. The average molecular weight is 324 g/mol. The summed E-state index contributed by atoms with van der Waals surface area (Å²) >= 11 is 0. The number of para-hydroxylation sites is 1. The standard InChI is InChI=1S/C18H16O2.2C2H6/c1-5-13-11(3)17(19-15(13)6-2)18-12(4)14-9-7-8-10-16(14)20-18;2*1-2/h5-10H,1-2H2,3-4H3;2*1-2H3. The number of furan rings is 2. The molecule has 0 spiro atoms. The zero-order valence-corrected chi connectivity index (χ0v) is 15.7. The molecule has 2 nitrogen and oxygen atoms in total. The highest BCUT2D eigenvalue weighted by Gasteiger charge is 2.20. The number of aryl methyl sites for hydroxylation is 1. The van der Waals surface area contributed by atoms with Gasteiger partial charge in [0.05, 0.1) is 0 Å². The molecule has 0 atom stereocenters. The summed E-state index contributed by atoms with van der Waals surface area (Å²) in [6.45, 7) is 19.7. The van der Waals surface area contributed by atoms with E-state index in [2.05, 4.69) is 19.2 Å². The summed E-state index contributed by atoms with van der Waals surface area (Å²) in [5, 5.41) is 1.11. The third kappa shape index (κ3) is 3.38. The molecule has 0 saturated heterocycles. The first-order valence-electron chi connectivity index (χ1n) is 8.54. The third-order valence-corrected chi connectivity index (χ3v) is 3.66. The number of hydrogen-bond donors (Lipinski definition) is 0. The van der Waals surface area contributed by atoms with E-state index in [1.165, 1.54) is 0 Å². The molecule has 0 aliphatic heterocycles. The molecule has 3 aromatic rings. The van der Waals surface area contributed by atoms with Crippen LogP contribution in [0.5, 0.6) is 0 Å². The predicted octanol–water partition coefficient (Wildman–Crippen LogP) is 7.65. The predicted molar refractivity (Wildman–Crippen MR) is 106 cm³/mol. The van der Waals surface area contributed by atoms with E-state index >= 15 is 0 Å². The van der Waals surface area contributed by atoms with Gasteiger partial charge in [-0.3, -0.25) is 0 Å². The number of rotatable bonds is 3. The fourth-order valence-electron chi connectivity index (χ4n) is 2.56. The zero-order chi connectivity index (χ0) is 18.3. The molecule has 2 heteroatoms. The molecule has 2 heterocycles. The zero-order valence-electron chi connectivity index (χ0n) is 15.7. The van der Waals surface area contributed by atoms with Gasteiger partial charge >= 0.3 is 0 Å². The Balaban J connectivity index is 0.000000671. The molecular formula is C22H28O2. The summed E-state index contributed by atoms with van der Waals surface area (Å²) in [7, 11) is 0. The number of fused-ring (bicyclic) bond motifs is 1. The van der Waals surface area contributed by atoms with Gasteiger partial charge < -0.3 is 8.83 Å². The molecule has 0 saturated carbocycles. The molecule has 24 heavy (non-hydrogen) atoms. The van der Waals surface area contributed by atoms with E-state index in [4.69, 9.17) is 8.83 Å². The Kier molecular flexibility index (Phi) is 7.31. The quantitative estimate of drug-likeness (QED) is 0.494. The lowest BCUT2D eigenvalue weighted by Gasteiger charge is -1.96. The summed E-state index contributed by atoms with van der Waals surface area (Å²) in [6.07, 6.45) is 3.49. The van der Waals surface area contributed by atoms with E-state index in [9.17, 15) is 0 Å². The highest BCUT2D eigenvalue weighted by Crippen LogP contribution is 2.38. The van der Waals surface area contributed by atoms with Gasteiger partial charge in [0.15, 0.2) is 11.5 Å². The van der Waals surface area contributed by atoms with Gasteiger partial charge in [0, 0.05) is 22.1 Å². The van der Waals surface area contributed by atoms with E-state index in [-0.39, 0.29) is 0 Å². The molecule has 128 valence electrons. The first-order valence-corrected chi connectivity index (χ1v) is 8.54. The van der Waals surface area contributed by atoms with Gasteiger partial charge in [-0.15, -0.1) is 0 Å². The minimum absolute atomic E-state index is 0.729. The lowest BCUT2D eigenvalue weighted by atomic mass is 10.1. The topological polar surface area (TPSA) is 26.3 Å². The molecule has 0 radical (unpaired) electrons. The van der Waals surface area contributed by atoms with Gasteiger partial charge in [-0.2, -0.15) is 0 Å². The van der Waals surface area contributed by atoms with Gasteiger partial charge in [0.2, 0.25) is 0 Å². The van der Waals surface area contributed by atoms with E-state index < -0.39 is 0 Å². The maximum absolute atomic E-state index is 5.96. The number of hydrogen-bond acceptors (Lipinski definition) is 2. The van der Waals surface area contributed by atoms with Crippen LogP contribution in [0.25, 0.3) is 34.6 Å². The molecule has 2 aromatic heterocycles. The van der Waals surface area contributed by atoms with Gasteiger partial charge in [-0.25, -0.2) is 0 Å². The molecule has 0 aliphatic carbocycles. The second-order valence-corrected chi connectivity index (χ2v) is 4.79. The first-order chi connectivity index (χ1) is 11.7.